The van der Waals surface area contributed by atoms with Gasteiger partial charge in [0, 0.05) is 12.8 Å². The van der Waals surface area contributed by atoms with Gasteiger partial charge in [-0.1, -0.05) is 18.5 Å². The zero-order valence-electron chi connectivity index (χ0n) is 12.1. The van der Waals surface area contributed by atoms with Gasteiger partial charge < -0.3 is 14.9 Å². The molecule has 20 heavy (non-hydrogen) atoms. The Balaban J connectivity index is 2.40. The monoisotopic (exact) mass is 283 g/mol. The second kappa shape index (κ2) is 7.02. The summed E-state index contributed by atoms with van der Waals surface area (Å²) in [5, 5.41) is 15.4. The minimum atomic E-state index is -1.20. The molecule has 1 heterocycles. The van der Waals surface area contributed by atoms with E-state index in [4.69, 9.17) is 4.52 Å². The van der Waals surface area contributed by atoms with Crippen LogP contribution in [0.25, 0.3) is 0 Å². The second-order valence-electron chi connectivity index (χ2n) is 5.02. The number of nitrogens with zero attached hydrogens (tertiary/aromatic N) is 2. The molecular formula is C13H21N3O4. The molecule has 0 aliphatic rings. The molecule has 0 radical (unpaired) electrons. The molecule has 0 aromatic carbocycles. The van der Waals surface area contributed by atoms with Gasteiger partial charge in [0.25, 0.3) is 0 Å². The van der Waals surface area contributed by atoms with Crippen LogP contribution in [-0.2, 0) is 16.0 Å². The normalized spacial score (nSPS) is 13.8. The summed E-state index contributed by atoms with van der Waals surface area (Å²) in [6, 6.07) is 0. The van der Waals surface area contributed by atoms with Crippen molar-refractivity contribution in [3.05, 3.63) is 11.7 Å². The van der Waals surface area contributed by atoms with Gasteiger partial charge in [-0.05, 0) is 26.7 Å². The molecule has 2 N–H and O–H groups in total. The third kappa shape index (κ3) is 4.64. The average molecular weight is 283 g/mol. The van der Waals surface area contributed by atoms with Gasteiger partial charge in [-0.3, -0.25) is 4.79 Å². The van der Waals surface area contributed by atoms with Crippen LogP contribution in [-0.4, -0.2) is 32.7 Å². The van der Waals surface area contributed by atoms with Crippen molar-refractivity contribution in [2.75, 3.05) is 0 Å². The number of aromatic nitrogens is 2. The lowest BCUT2D eigenvalue weighted by atomic mass is 9.96. The van der Waals surface area contributed by atoms with Crippen molar-refractivity contribution in [1.82, 2.24) is 15.5 Å². The SMILES string of the molecule is CCCC(C)(NC(=O)CCCc1nc(C)no1)C(=O)O. The molecule has 1 rings (SSSR count). The van der Waals surface area contributed by atoms with Crippen LogP contribution in [0.4, 0.5) is 0 Å². The maximum Gasteiger partial charge on any atom is 0.329 e. The van der Waals surface area contributed by atoms with E-state index in [-0.39, 0.29) is 12.3 Å². The van der Waals surface area contributed by atoms with E-state index >= 15 is 0 Å². The Morgan fingerprint density at radius 1 is 1.45 bits per heavy atom. The molecule has 0 aliphatic heterocycles. The van der Waals surface area contributed by atoms with E-state index in [0.717, 1.165) is 0 Å². The largest absolute Gasteiger partial charge is 0.480 e. The van der Waals surface area contributed by atoms with Gasteiger partial charge in [-0.15, -0.1) is 0 Å². The minimum absolute atomic E-state index is 0.230. The second-order valence-corrected chi connectivity index (χ2v) is 5.02. The number of hydrogen-bond acceptors (Lipinski definition) is 5. The Hall–Kier alpha value is -1.92. The Bertz CT molecular complexity index is 472. The summed E-state index contributed by atoms with van der Waals surface area (Å²) in [5.41, 5.74) is -1.20. The van der Waals surface area contributed by atoms with Gasteiger partial charge in [-0.2, -0.15) is 4.98 Å². The van der Waals surface area contributed by atoms with Crippen LogP contribution in [0.15, 0.2) is 4.52 Å². The number of aryl methyl sites for hydroxylation is 2. The number of nitrogens with one attached hydrogen (secondary N) is 1. The summed E-state index contributed by atoms with van der Waals surface area (Å²) < 4.78 is 4.94. The van der Waals surface area contributed by atoms with E-state index in [1.165, 1.54) is 6.92 Å². The van der Waals surface area contributed by atoms with Crippen molar-refractivity contribution in [3.63, 3.8) is 0 Å². The maximum absolute atomic E-state index is 11.8. The lowest BCUT2D eigenvalue weighted by Crippen LogP contribution is -2.52. The number of carboxylic acids is 1. The van der Waals surface area contributed by atoms with Crippen LogP contribution in [0.3, 0.4) is 0 Å². The average Bonchev–Trinajstić information content (AvgIpc) is 2.75. The Morgan fingerprint density at radius 3 is 2.65 bits per heavy atom. The van der Waals surface area contributed by atoms with Gasteiger partial charge in [0.2, 0.25) is 11.8 Å². The van der Waals surface area contributed by atoms with Crippen LogP contribution in [0.2, 0.25) is 0 Å². The Labute approximate surface area is 117 Å². The number of carbonyl (C=O) groups is 2. The zero-order chi connectivity index (χ0) is 15.2. The lowest BCUT2D eigenvalue weighted by molar-refractivity contribution is -0.147. The highest BCUT2D eigenvalue weighted by molar-refractivity contribution is 5.86. The molecular weight excluding hydrogens is 262 g/mol. The molecule has 1 unspecified atom stereocenters. The molecule has 0 saturated heterocycles. The fourth-order valence-corrected chi connectivity index (χ4v) is 1.93. The van der Waals surface area contributed by atoms with Crippen molar-refractivity contribution in [3.8, 4) is 0 Å². The predicted octanol–water partition coefficient (Wildman–Crippen LogP) is 1.46. The summed E-state index contributed by atoms with van der Waals surface area (Å²) in [6.07, 6.45) is 2.36. The molecule has 1 aromatic heterocycles. The number of amides is 1. The fourth-order valence-electron chi connectivity index (χ4n) is 1.93. The van der Waals surface area contributed by atoms with Gasteiger partial charge in [0.05, 0.1) is 0 Å². The first kappa shape index (κ1) is 16.1. The van der Waals surface area contributed by atoms with E-state index in [0.29, 0.717) is 37.4 Å². The molecule has 0 saturated carbocycles. The summed E-state index contributed by atoms with van der Waals surface area (Å²) >= 11 is 0. The van der Waals surface area contributed by atoms with Crippen LogP contribution in [0, 0.1) is 6.92 Å². The summed E-state index contributed by atoms with van der Waals surface area (Å²) in [5.74, 6) is -0.240. The Kier molecular flexibility index (Phi) is 5.66. The van der Waals surface area contributed by atoms with Crippen LogP contribution in [0.5, 0.6) is 0 Å². The molecule has 0 spiro atoms. The van der Waals surface area contributed by atoms with E-state index in [2.05, 4.69) is 15.5 Å². The van der Waals surface area contributed by atoms with Gasteiger partial charge in [0.15, 0.2) is 5.82 Å². The number of carbonyl (C=O) groups excluding carboxylic acids is 1. The zero-order valence-corrected chi connectivity index (χ0v) is 12.1. The number of aliphatic carboxylic acids is 1. The number of carboxylic acid groups (broad SMARTS) is 1. The number of hydrogen-bond donors (Lipinski definition) is 2. The van der Waals surface area contributed by atoms with Crippen molar-refractivity contribution in [1.29, 1.82) is 0 Å². The minimum Gasteiger partial charge on any atom is -0.480 e. The van der Waals surface area contributed by atoms with Gasteiger partial charge >= 0.3 is 5.97 Å². The molecule has 0 fully saturated rings. The summed E-state index contributed by atoms with van der Waals surface area (Å²) in [7, 11) is 0. The van der Waals surface area contributed by atoms with Crippen molar-refractivity contribution in [2.24, 2.45) is 0 Å². The molecule has 1 amide bonds. The van der Waals surface area contributed by atoms with E-state index in [9.17, 15) is 14.7 Å². The predicted molar refractivity (Wildman–Crippen MR) is 71.1 cm³/mol. The first-order valence-electron chi connectivity index (χ1n) is 6.71. The Morgan fingerprint density at radius 2 is 2.15 bits per heavy atom. The van der Waals surface area contributed by atoms with Crippen molar-refractivity contribution in [2.45, 2.75) is 58.4 Å². The molecule has 1 aromatic rings. The van der Waals surface area contributed by atoms with Gasteiger partial charge in [0.1, 0.15) is 5.54 Å². The summed E-state index contributed by atoms with van der Waals surface area (Å²) in [6.45, 7) is 5.13. The highest BCUT2D eigenvalue weighted by Crippen LogP contribution is 2.13. The molecule has 7 nitrogen and oxygen atoms in total. The molecule has 1 atom stereocenters. The van der Waals surface area contributed by atoms with Crippen molar-refractivity contribution >= 4 is 11.9 Å². The molecule has 0 bridgehead atoms. The van der Waals surface area contributed by atoms with Crippen LogP contribution in [0.1, 0.15) is 51.2 Å². The van der Waals surface area contributed by atoms with Crippen molar-refractivity contribution < 1.29 is 19.2 Å². The molecule has 0 aliphatic carbocycles. The quantitative estimate of drug-likeness (QED) is 0.748. The lowest BCUT2D eigenvalue weighted by Gasteiger charge is -2.25. The van der Waals surface area contributed by atoms with Gasteiger partial charge in [-0.25, -0.2) is 4.79 Å². The standard InChI is InChI=1S/C13H21N3O4/c1-4-8-13(3,12(18)19)15-10(17)6-5-7-11-14-9(2)16-20-11/h4-8H2,1-3H3,(H,15,17)(H,18,19). The molecule has 112 valence electrons. The topological polar surface area (TPSA) is 105 Å². The highest BCUT2D eigenvalue weighted by Gasteiger charge is 2.33. The van der Waals surface area contributed by atoms with Crippen LogP contribution >= 0.6 is 0 Å². The van der Waals surface area contributed by atoms with E-state index < -0.39 is 11.5 Å². The number of rotatable bonds is 8. The molecule has 7 heteroatoms. The summed E-state index contributed by atoms with van der Waals surface area (Å²) in [4.78, 5) is 27.0. The first-order valence-corrected chi connectivity index (χ1v) is 6.71. The highest BCUT2D eigenvalue weighted by atomic mass is 16.5. The van der Waals surface area contributed by atoms with Crippen LogP contribution < -0.4 is 5.32 Å². The maximum atomic E-state index is 11.8. The van der Waals surface area contributed by atoms with E-state index in [1.54, 1.807) is 6.92 Å². The third-order valence-corrected chi connectivity index (χ3v) is 3.00. The van der Waals surface area contributed by atoms with E-state index in [1.807, 2.05) is 6.92 Å². The fraction of sp³-hybridized carbons (Fsp3) is 0.692. The third-order valence-electron chi connectivity index (χ3n) is 3.00. The first-order chi connectivity index (χ1) is 9.37. The smallest absolute Gasteiger partial charge is 0.329 e.